The van der Waals surface area contributed by atoms with E-state index in [1.165, 1.54) is 0 Å². The molecule has 2 N–H and O–H groups in total. The Kier molecular flexibility index (Phi) is 7.17. The van der Waals surface area contributed by atoms with E-state index in [4.69, 9.17) is 4.74 Å². The van der Waals surface area contributed by atoms with Gasteiger partial charge in [0.25, 0.3) is 11.8 Å². The van der Waals surface area contributed by atoms with Crippen LogP contribution in [0.1, 0.15) is 15.9 Å². The van der Waals surface area contributed by atoms with Gasteiger partial charge >= 0.3 is 0 Å². The number of amides is 2. The highest BCUT2D eigenvalue weighted by Crippen LogP contribution is 2.13. The van der Waals surface area contributed by atoms with Crippen molar-refractivity contribution in [2.45, 2.75) is 6.92 Å². The van der Waals surface area contributed by atoms with Crippen LogP contribution in [0.15, 0.2) is 48.5 Å². The maximum atomic E-state index is 12.1. The number of hydrogen-bond donors (Lipinski definition) is 2. The zero-order valence-electron chi connectivity index (χ0n) is 15.4. The summed E-state index contributed by atoms with van der Waals surface area (Å²) in [6.45, 7) is 3.22. The minimum absolute atomic E-state index is 0.0949. The Morgan fingerprint density at radius 1 is 1.08 bits per heavy atom. The lowest BCUT2D eigenvalue weighted by atomic mass is 10.2. The van der Waals surface area contributed by atoms with Crippen molar-refractivity contribution in [3.63, 3.8) is 0 Å². The number of rotatable bonds is 8. The number of nitrogens with one attached hydrogen (secondary N) is 2. The molecule has 0 saturated heterocycles. The van der Waals surface area contributed by atoms with Crippen LogP contribution in [0.5, 0.6) is 5.75 Å². The molecule has 2 rings (SSSR count). The third kappa shape index (κ3) is 6.57. The SMILES string of the molecule is Cc1ccc(OCC(=O)Nc2cccc(C(=O)NCCN(C)C)c2)cc1. The van der Waals surface area contributed by atoms with Gasteiger partial charge in [-0.25, -0.2) is 0 Å². The number of likely N-dealkylation sites (N-methyl/N-ethyl adjacent to an activating group) is 1. The van der Waals surface area contributed by atoms with E-state index in [1.807, 2.05) is 50.2 Å². The van der Waals surface area contributed by atoms with Crippen LogP contribution in [0.2, 0.25) is 0 Å². The van der Waals surface area contributed by atoms with Crippen LogP contribution in [0.25, 0.3) is 0 Å². The lowest BCUT2D eigenvalue weighted by Crippen LogP contribution is -2.31. The van der Waals surface area contributed by atoms with Gasteiger partial charge in [-0.2, -0.15) is 0 Å². The highest BCUT2D eigenvalue weighted by atomic mass is 16.5. The molecule has 0 aliphatic rings. The third-order valence-electron chi connectivity index (χ3n) is 3.64. The van der Waals surface area contributed by atoms with Gasteiger partial charge in [0.2, 0.25) is 0 Å². The Bertz CT molecular complexity index is 742. The van der Waals surface area contributed by atoms with Crippen molar-refractivity contribution in [3.8, 4) is 5.75 Å². The summed E-state index contributed by atoms with van der Waals surface area (Å²) in [7, 11) is 3.89. The Labute approximate surface area is 154 Å². The van der Waals surface area contributed by atoms with Crippen molar-refractivity contribution in [2.24, 2.45) is 0 Å². The summed E-state index contributed by atoms with van der Waals surface area (Å²) in [5, 5.41) is 5.58. The van der Waals surface area contributed by atoms with E-state index >= 15 is 0 Å². The second-order valence-corrected chi connectivity index (χ2v) is 6.29. The van der Waals surface area contributed by atoms with E-state index in [0.717, 1.165) is 12.1 Å². The Hall–Kier alpha value is -2.86. The van der Waals surface area contributed by atoms with Crippen molar-refractivity contribution in [1.29, 1.82) is 0 Å². The first kappa shape index (κ1) is 19.5. The van der Waals surface area contributed by atoms with Crippen molar-refractivity contribution < 1.29 is 14.3 Å². The normalized spacial score (nSPS) is 10.5. The molecule has 0 aliphatic heterocycles. The molecular weight excluding hydrogens is 330 g/mol. The van der Waals surface area contributed by atoms with E-state index < -0.39 is 0 Å². The fraction of sp³-hybridized carbons (Fsp3) is 0.300. The van der Waals surface area contributed by atoms with Crippen LogP contribution in [0.4, 0.5) is 5.69 Å². The van der Waals surface area contributed by atoms with Gasteiger partial charge in [-0.15, -0.1) is 0 Å². The summed E-state index contributed by atoms with van der Waals surface area (Å²) < 4.78 is 5.45. The van der Waals surface area contributed by atoms with Crippen molar-refractivity contribution in [1.82, 2.24) is 10.2 Å². The van der Waals surface area contributed by atoms with Crippen LogP contribution in [-0.2, 0) is 4.79 Å². The fourth-order valence-electron chi connectivity index (χ4n) is 2.21. The van der Waals surface area contributed by atoms with Crippen LogP contribution >= 0.6 is 0 Å². The number of ether oxygens (including phenoxy) is 1. The topological polar surface area (TPSA) is 70.7 Å². The summed E-state index contributed by atoms with van der Waals surface area (Å²) in [6.07, 6.45) is 0. The quantitative estimate of drug-likeness (QED) is 0.762. The number of anilines is 1. The molecule has 0 heterocycles. The molecule has 0 atom stereocenters. The van der Waals surface area contributed by atoms with Gasteiger partial charge < -0.3 is 20.3 Å². The van der Waals surface area contributed by atoms with E-state index in [0.29, 0.717) is 23.5 Å². The van der Waals surface area contributed by atoms with Crippen molar-refractivity contribution in [3.05, 3.63) is 59.7 Å². The van der Waals surface area contributed by atoms with Gasteiger partial charge in [-0.3, -0.25) is 9.59 Å². The molecule has 0 aliphatic carbocycles. The fourth-order valence-corrected chi connectivity index (χ4v) is 2.21. The number of benzene rings is 2. The van der Waals surface area contributed by atoms with Crippen molar-refractivity contribution in [2.75, 3.05) is 39.1 Å². The third-order valence-corrected chi connectivity index (χ3v) is 3.64. The van der Waals surface area contributed by atoms with Gasteiger partial charge in [0.05, 0.1) is 0 Å². The smallest absolute Gasteiger partial charge is 0.262 e. The van der Waals surface area contributed by atoms with Gasteiger partial charge in [0.1, 0.15) is 5.75 Å². The molecule has 2 amide bonds. The molecule has 6 heteroatoms. The Balaban J connectivity index is 1.85. The van der Waals surface area contributed by atoms with E-state index in [9.17, 15) is 9.59 Å². The minimum Gasteiger partial charge on any atom is -0.484 e. The molecule has 0 spiro atoms. The molecule has 2 aromatic carbocycles. The van der Waals surface area contributed by atoms with Gasteiger partial charge in [0, 0.05) is 24.3 Å². The summed E-state index contributed by atoms with van der Waals surface area (Å²) in [6, 6.07) is 14.3. The maximum Gasteiger partial charge on any atom is 0.262 e. The molecule has 2 aromatic rings. The van der Waals surface area contributed by atoms with E-state index in [-0.39, 0.29) is 18.4 Å². The lowest BCUT2D eigenvalue weighted by molar-refractivity contribution is -0.118. The average Bonchev–Trinajstić information content (AvgIpc) is 2.61. The van der Waals surface area contributed by atoms with Crippen LogP contribution in [-0.4, -0.2) is 50.5 Å². The summed E-state index contributed by atoms with van der Waals surface area (Å²) in [4.78, 5) is 26.2. The summed E-state index contributed by atoms with van der Waals surface area (Å²) in [5.74, 6) is 0.189. The molecule has 6 nitrogen and oxygen atoms in total. The number of carbonyl (C=O) groups is 2. The van der Waals surface area contributed by atoms with Crippen LogP contribution < -0.4 is 15.4 Å². The van der Waals surface area contributed by atoms with E-state index in [2.05, 4.69) is 10.6 Å². The highest BCUT2D eigenvalue weighted by molar-refractivity contribution is 5.97. The zero-order valence-corrected chi connectivity index (χ0v) is 15.4. The second kappa shape index (κ2) is 9.58. The average molecular weight is 355 g/mol. The monoisotopic (exact) mass is 355 g/mol. The van der Waals surface area contributed by atoms with Crippen molar-refractivity contribution >= 4 is 17.5 Å². The minimum atomic E-state index is -0.282. The predicted molar refractivity (Wildman–Crippen MR) is 103 cm³/mol. The van der Waals surface area contributed by atoms with E-state index in [1.54, 1.807) is 24.3 Å². The van der Waals surface area contributed by atoms with Gasteiger partial charge in [-0.05, 0) is 51.4 Å². The molecule has 138 valence electrons. The molecular formula is C20H25N3O3. The number of aryl methyl sites for hydroxylation is 1. The first-order chi connectivity index (χ1) is 12.4. The molecule has 0 fully saturated rings. The standard InChI is InChI=1S/C20H25N3O3/c1-15-7-9-18(10-8-15)26-14-19(24)22-17-6-4-5-16(13-17)20(25)21-11-12-23(2)3/h4-10,13H,11-12,14H2,1-3H3,(H,21,25)(H,22,24). The first-order valence-corrected chi connectivity index (χ1v) is 8.46. The summed E-state index contributed by atoms with van der Waals surface area (Å²) >= 11 is 0. The molecule has 0 bridgehead atoms. The predicted octanol–water partition coefficient (Wildman–Crippen LogP) is 2.30. The Morgan fingerprint density at radius 3 is 2.50 bits per heavy atom. The number of nitrogens with zero attached hydrogens (tertiary/aromatic N) is 1. The number of carbonyl (C=O) groups excluding carboxylic acids is 2. The molecule has 26 heavy (non-hydrogen) atoms. The van der Waals surface area contributed by atoms with Gasteiger partial charge in [0.15, 0.2) is 6.61 Å². The van der Waals surface area contributed by atoms with Gasteiger partial charge in [-0.1, -0.05) is 23.8 Å². The van der Waals surface area contributed by atoms with Crippen LogP contribution in [0, 0.1) is 6.92 Å². The summed E-state index contributed by atoms with van der Waals surface area (Å²) in [5.41, 5.74) is 2.19. The molecule has 0 saturated carbocycles. The second-order valence-electron chi connectivity index (χ2n) is 6.29. The molecule has 0 radical (unpaired) electrons. The molecule has 0 aromatic heterocycles. The molecule has 0 unspecified atom stereocenters. The Morgan fingerprint density at radius 2 is 1.81 bits per heavy atom. The lowest BCUT2D eigenvalue weighted by Gasteiger charge is -2.11. The first-order valence-electron chi connectivity index (χ1n) is 8.46. The largest absolute Gasteiger partial charge is 0.484 e. The highest BCUT2D eigenvalue weighted by Gasteiger charge is 2.08. The number of hydrogen-bond acceptors (Lipinski definition) is 4. The zero-order chi connectivity index (χ0) is 18.9. The van der Waals surface area contributed by atoms with Crippen LogP contribution in [0.3, 0.4) is 0 Å². The maximum absolute atomic E-state index is 12.1.